The van der Waals surface area contributed by atoms with Gasteiger partial charge >= 0.3 is 0 Å². The Morgan fingerprint density at radius 2 is 1.67 bits per heavy atom. The van der Waals surface area contributed by atoms with E-state index >= 15 is 0 Å². The minimum Gasteiger partial charge on any atom is -0.383 e. The van der Waals surface area contributed by atoms with E-state index in [0.717, 1.165) is 11.8 Å². The lowest BCUT2D eigenvalue weighted by Crippen LogP contribution is -2.00. The third-order valence-electron chi connectivity index (χ3n) is 1.88. The van der Waals surface area contributed by atoms with Gasteiger partial charge in [0.15, 0.2) is 10.3 Å². The van der Waals surface area contributed by atoms with Crippen molar-refractivity contribution in [2.24, 2.45) is 0 Å². The van der Waals surface area contributed by atoms with Crippen molar-refractivity contribution >= 4 is 23.4 Å². The highest BCUT2D eigenvalue weighted by molar-refractivity contribution is 7.99. The number of nitriles is 1. The zero-order valence-corrected chi connectivity index (χ0v) is 10.3. The van der Waals surface area contributed by atoms with Gasteiger partial charge in [0.1, 0.15) is 23.4 Å². The quantitative estimate of drug-likeness (QED) is 0.756. The molecule has 0 saturated heterocycles. The lowest BCUT2D eigenvalue weighted by atomic mass is 10.4. The molecule has 0 aliphatic heterocycles. The topological polar surface area (TPSA) is 127 Å². The van der Waals surface area contributed by atoms with Crippen molar-refractivity contribution in [2.45, 2.75) is 17.2 Å². The molecule has 0 spiro atoms. The first kappa shape index (κ1) is 12.1. The molecule has 0 unspecified atom stereocenters. The normalized spacial score (nSPS) is 10.0. The van der Waals surface area contributed by atoms with Gasteiger partial charge in [0.25, 0.3) is 0 Å². The third kappa shape index (κ3) is 2.83. The van der Waals surface area contributed by atoms with Crippen molar-refractivity contribution in [3.63, 3.8) is 0 Å². The summed E-state index contributed by atoms with van der Waals surface area (Å²) in [4.78, 5) is 16.2. The molecule has 2 aromatic rings. The van der Waals surface area contributed by atoms with Crippen molar-refractivity contribution in [3.05, 3.63) is 23.5 Å². The van der Waals surface area contributed by atoms with Gasteiger partial charge in [0.2, 0.25) is 0 Å². The number of aromatic nitrogens is 4. The summed E-state index contributed by atoms with van der Waals surface area (Å²) in [6.07, 6.45) is 0. The molecule has 8 heteroatoms. The van der Waals surface area contributed by atoms with Gasteiger partial charge < -0.3 is 11.5 Å². The van der Waals surface area contributed by atoms with Gasteiger partial charge in [-0.15, -0.1) is 0 Å². The van der Waals surface area contributed by atoms with E-state index in [4.69, 9.17) is 16.7 Å². The number of nitrogens with two attached hydrogens (primary N) is 2. The van der Waals surface area contributed by atoms with E-state index in [-0.39, 0.29) is 11.6 Å². The monoisotopic (exact) mass is 259 g/mol. The van der Waals surface area contributed by atoms with Crippen LogP contribution in [-0.4, -0.2) is 19.9 Å². The van der Waals surface area contributed by atoms with Gasteiger partial charge in [-0.2, -0.15) is 5.26 Å². The van der Waals surface area contributed by atoms with E-state index in [0.29, 0.717) is 21.7 Å². The molecule has 0 bridgehead atoms. The molecular formula is C10H9N7S. The van der Waals surface area contributed by atoms with E-state index in [1.165, 1.54) is 6.07 Å². The van der Waals surface area contributed by atoms with Crippen LogP contribution in [0.5, 0.6) is 0 Å². The van der Waals surface area contributed by atoms with Crippen LogP contribution in [-0.2, 0) is 0 Å². The summed E-state index contributed by atoms with van der Waals surface area (Å²) in [5.41, 5.74) is 12.1. The predicted molar refractivity (Wildman–Crippen MR) is 66.5 cm³/mol. The molecule has 18 heavy (non-hydrogen) atoms. The van der Waals surface area contributed by atoms with Crippen molar-refractivity contribution < 1.29 is 0 Å². The van der Waals surface area contributed by atoms with Crippen LogP contribution in [0, 0.1) is 18.3 Å². The Morgan fingerprint density at radius 1 is 1.06 bits per heavy atom. The van der Waals surface area contributed by atoms with Crippen LogP contribution in [0.3, 0.4) is 0 Å². The van der Waals surface area contributed by atoms with E-state index < -0.39 is 0 Å². The Hall–Kier alpha value is -2.40. The Morgan fingerprint density at radius 3 is 2.28 bits per heavy atom. The van der Waals surface area contributed by atoms with Gasteiger partial charge in [-0.05, 0) is 24.8 Å². The lowest BCUT2D eigenvalue weighted by Gasteiger charge is -2.02. The number of hydrogen-bond donors (Lipinski definition) is 2. The largest absolute Gasteiger partial charge is 0.383 e. The summed E-state index contributed by atoms with van der Waals surface area (Å²) in [7, 11) is 0. The maximum absolute atomic E-state index is 8.82. The van der Waals surface area contributed by atoms with E-state index in [2.05, 4.69) is 19.9 Å². The van der Waals surface area contributed by atoms with Crippen LogP contribution in [0.25, 0.3) is 0 Å². The summed E-state index contributed by atoms with van der Waals surface area (Å²) in [6, 6.07) is 5.02. The van der Waals surface area contributed by atoms with Crippen LogP contribution in [0.2, 0.25) is 0 Å². The maximum Gasteiger partial charge on any atom is 0.199 e. The van der Waals surface area contributed by atoms with Crippen molar-refractivity contribution in [3.8, 4) is 6.07 Å². The molecule has 2 aromatic heterocycles. The summed E-state index contributed by atoms with van der Waals surface area (Å²) in [5, 5.41) is 9.55. The highest BCUT2D eigenvalue weighted by Crippen LogP contribution is 2.23. The fourth-order valence-electron chi connectivity index (χ4n) is 1.23. The van der Waals surface area contributed by atoms with Crippen molar-refractivity contribution in [2.75, 3.05) is 11.5 Å². The molecule has 0 atom stereocenters. The SMILES string of the molecule is Cc1cc(C#N)nc(Sc2nc(N)cc(N)n2)n1. The summed E-state index contributed by atoms with van der Waals surface area (Å²) >= 11 is 1.10. The second kappa shape index (κ2) is 4.85. The zero-order chi connectivity index (χ0) is 13.1. The number of rotatable bonds is 2. The first-order valence-electron chi connectivity index (χ1n) is 4.90. The lowest BCUT2D eigenvalue weighted by molar-refractivity contribution is 0.903. The number of aryl methyl sites for hydroxylation is 1. The molecule has 0 amide bonds. The van der Waals surface area contributed by atoms with Gasteiger partial charge in [-0.3, -0.25) is 0 Å². The maximum atomic E-state index is 8.82. The van der Waals surface area contributed by atoms with Gasteiger partial charge in [0.05, 0.1) is 0 Å². The van der Waals surface area contributed by atoms with Crippen LogP contribution < -0.4 is 11.5 Å². The molecule has 2 heterocycles. The zero-order valence-electron chi connectivity index (χ0n) is 9.45. The molecule has 4 N–H and O–H groups in total. The molecular weight excluding hydrogens is 250 g/mol. The molecule has 0 aromatic carbocycles. The first-order chi connectivity index (χ1) is 8.56. The van der Waals surface area contributed by atoms with E-state index in [9.17, 15) is 0 Å². The second-order valence-electron chi connectivity index (χ2n) is 3.39. The molecule has 0 fully saturated rings. The number of hydrogen-bond acceptors (Lipinski definition) is 8. The first-order valence-corrected chi connectivity index (χ1v) is 5.72. The summed E-state index contributed by atoms with van der Waals surface area (Å²) < 4.78 is 0. The Kier molecular flexibility index (Phi) is 3.25. The average molecular weight is 259 g/mol. The Labute approximate surface area is 107 Å². The van der Waals surface area contributed by atoms with E-state index in [1.807, 2.05) is 6.07 Å². The predicted octanol–water partition coefficient (Wildman–Crippen LogP) is 0.762. The van der Waals surface area contributed by atoms with Crippen LogP contribution in [0.1, 0.15) is 11.4 Å². The summed E-state index contributed by atoms with van der Waals surface area (Å²) in [6.45, 7) is 1.78. The fraction of sp³-hybridized carbons (Fsp3) is 0.100. The average Bonchev–Trinajstić information content (AvgIpc) is 2.26. The smallest absolute Gasteiger partial charge is 0.199 e. The molecule has 0 saturated carbocycles. The molecule has 0 radical (unpaired) electrons. The Bertz CT molecular complexity index is 614. The number of nitrogens with zero attached hydrogens (tertiary/aromatic N) is 5. The second-order valence-corrected chi connectivity index (χ2v) is 4.33. The third-order valence-corrected chi connectivity index (χ3v) is 2.61. The highest BCUT2D eigenvalue weighted by atomic mass is 32.2. The van der Waals surface area contributed by atoms with Crippen LogP contribution in [0.4, 0.5) is 11.6 Å². The number of nitrogen functional groups attached to an aromatic ring is 2. The van der Waals surface area contributed by atoms with Crippen LogP contribution in [0.15, 0.2) is 22.4 Å². The molecule has 7 nitrogen and oxygen atoms in total. The van der Waals surface area contributed by atoms with Gasteiger partial charge in [0, 0.05) is 11.8 Å². The minimum atomic E-state index is 0.276. The molecule has 0 aliphatic rings. The Balaban J connectivity index is 2.34. The molecule has 2 rings (SSSR count). The van der Waals surface area contributed by atoms with Crippen molar-refractivity contribution in [1.82, 2.24) is 19.9 Å². The standard InChI is InChI=1S/C10H9N7S/c1-5-2-6(4-11)15-9(14-5)18-10-16-7(12)3-8(13)17-10/h2-3H,1H3,(H4,12,13,16,17). The van der Waals surface area contributed by atoms with Crippen LogP contribution >= 0.6 is 11.8 Å². The van der Waals surface area contributed by atoms with Crippen molar-refractivity contribution in [1.29, 1.82) is 5.26 Å². The molecule has 0 aliphatic carbocycles. The van der Waals surface area contributed by atoms with Gasteiger partial charge in [-0.25, -0.2) is 19.9 Å². The highest BCUT2D eigenvalue weighted by Gasteiger charge is 2.08. The fourth-order valence-corrected chi connectivity index (χ4v) is 2.03. The van der Waals surface area contributed by atoms with Gasteiger partial charge in [-0.1, -0.05) is 0 Å². The number of anilines is 2. The molecule has 90 valence electrons. The summed E-state index contributed by atoms with van der Waals surface area (Å²) in [5.74, 6) is 0.552. The minimum absolute atomic E-state index is 0.276. The van der Waals surface area contributed by atoms with E-state index in [1.54, 1.807) is 13.0 Å².